The molecule has 12 heteroatoms. The average molecular weight is 525 g/mol. The molecular weight excluding hydrogens is 499 g/mol. The molecule has 3 aromatic heterocycles. The maximum Gasteiger partial charge on any atom is 0.314 e. The molecule has 180 valence electrons. The number of fused-ring (bicyclic) bond motifs is 1. The van der Waals surface area contributed by atoms with Gasteiger partial charge in [0, 0.05) is 31.6 Å². The summed E-state index contributed by atoms with van der Waals surface area (Å²) in [4.78, 5) is 26.2. The summed E-state index contributed by atoms with van der Waals surface area (Å²) >= 11 is 2.96. The highest BCUT2D eigenvalue weighted by atomic mass is 32.1. The Labute approximate surface area is 213 Å². The first-order valence-electron chi connectivity index (χ1n) is 11.3. The number of likely N-dealkylation sites (tertiary alicyclic amines) is 1. The van der Waals surface area contributed by atoms with Crippen LogP contribution in [0.25, 0.3) is 16.2 Å². The molecule has 0 saturated carbocycles. The molecular formula is C23H25N8OPS2. The van der Waals surface area contributed by atoms with Crippen LogP contribution in [0.4, 0.5) is 15.7 Å². The second-order valence-corrected chi connectivity index (χ2v) is 11.1. The number of nitriles is 1. The van der Waals surface area contributed by atoms with Crippen LogP contribution < -0.4 is 15.9 Å². The van der Waals surface area contributed by atoms with Crippen LogP contribution in [0.3, 0.4) is 0 Å². The van der Waals surface area contributed by atoms with Crippen molar-refractivity contribution in [2.45, 2.75) is 32.1 Å². The lowest BCUT2D eigenvalue weighted by Crippen LogP contribution is -2.41. The summed E-state index contributed by atoms with van der Waals surface area (Å²) < 4.78 is 1.90. The molecule has 5 rings (SSSR count). The molecule has 1 atom stereocenters. The lowest BCUT2D eigenvalue weighted by molar-refractivity contribution is 0.190. The first-order chi connectivity index (χ1) is 16.9. The van der Waals surface area contributed by atoms with Crippen molar-refractivity contribution in [3.8, 4) is 17.3 Å². The summed E-state index contributed by atoms with van der Waals surface area (Å²) in [6, 6.07) is 9.88. The highest BCUT2D eigenvalue weighted by molar-refractivity contribution is 7.27. The van der Waals surface area contributed by atoms with Crippen molar-refractivity contribution in [2.24, 2.45) is 5.73 Å². The van der Waals surface area contributed by atoms with Crippen molar-refractivity contribution in [1.82, 2.24) is 24.5 Å². The van der Waals surface area contributed by atoms with Gasteiger partial charge in [-0.2, -0.15) is 14.9 Å². The SMILES string of the molecule is CCc1nc2sc(C3CCN(C(N)=O)CC3)nn2c1N(C)c1nc(-c2ccc(P)cc2)c(C#N)s1. The van der Waals surface area contributed by atoms with Crippen LogP contribution >= 0.6 is 31.9 Å². The summed E-state index contributed by atoms with van der Waals surface area (Å²) in [5.41, 5.74) is 7.96. The number of hydrogen-bond acceptors (Lipinski definition) is 8. The van der Waals surface area contributed by atoms with Crippen LogP contribution in [0, 0.1) is 11.3 Å². The molecule has 0 aliphatic carbocycles. The molecule has 1 aliphatic heterocycles. The van der Waals surface area contributed by atoms with Gasteiger partial charge in [-0.15, -0.1) is 9.24 Å². The number of hydrogen-bond donors (Lipinski definition) is 1. The van der Waals surface area contributed by atoms with Gasteiger partial charge in [-0.25, -0.2) is 14.8 Å². The van der Waals surface area contributed by atoms with E-state index in [9.17, 15) is 10.1 Å². The summed E-state index contributed by atoms with van der Waals surface area (Å²) in [6.45, 7) is 3.36. The van der Waals surface area contributed by atoms with Crippen molar-refractivity contribution in [2.75, 3.05) is 25.0 Å². The Morgan fingerprint density at radius 3 is 2.60 bits per heavy atom. The van der Waals surface area contributed by atoms with Crippen molar-refractivity contribution < 1.29 is 4.79 Å². The predicted molar refractivity (Wildman–Crippen MR) is 143 cm³/mol. The standard InChI is InChI=1S/C23H25N8OPS2/c1-3-16-20(29(2)22-27-18(17(12-24)34-22)13-4-6-15(33)7-5-13)31-23(26-16)35-19(28-31)14-8-10-30(11-9-14)21(25)32/h4-7,14H,3,8-11,33H2,1-2H3,(H2,25,32). The third-order valence-electron chi connectivity index (χ3n) is 6.26. The van der Waals surface area contributed by atoms with Crippen molar-refractivity contribution in [3.63, 3.8) is 0 Å². The van der Waals surface area contributed by atoms with Crippen LogP contribution in [-0.4, -0.2) is 50.7 Å². The number of aromatic nitrogens is 4. The van der Waals surface area contributed by atoms with E-state index in [1.807, 2.05) is 40.7 Å². The molecule has 2 N–H and O–H groups in total. The minimum atomic E-state index is -0.363. The molecule has 0 bridgehead atoms. The summed E-state index contributed by atoms with van der Waals surface area (Å²) in [7, 11) is 4.62. The Morgan fingerprint density at radius 2 is 1.97 bits per heavy atom. The summed E-state index contributed by atoms with van der Waals surface area (Å²) in [5, 5.41) is 17.5. The number of amides is 2. The maximum absolute atomic E-state index is 11.5. The second-order valence-electron chi connectivity index (χ2n) is 8.44. The van der Waals surface area contributed by atoms with Gasteiger partial charge in [0.1, 0.15) is 21.6 Å². The van der Waals surface area contributed by atoms with E-state index in [1.165, 1.54) is 11.3 Å². The molecule has 1 unspecified atom stereocenters. The number of nitrogens with two attached hydrogens (primary N) is 1. The Balaban J connectivity index is 1.49. The molecule has 1 fully saturated rings. The van der Waals surface area contributed by atoms with E-state index in [0.29, 0.717) is 28.8 Å². The predicted octanol–water partition coefficient (Wildman–Crippen LogP) is 3.87. The fourth-order valence-electron chi connectivity index (χ4n) is 4.33. The van der Waals surface area contributed by atoms with Crippen molar-refractivity contribution in [1.29, 1.82) is 5.26 Å². The molecule has 2 amide bonds. The monoisotopic (exact) mass is 524 g/mol. The van der Waals surface area contributed by atoms with Crippen molar-refractivity contribution in [3.05, 3.63) is 39.8 Å². The largest absolute Gasteiger partial charge is 0.351 e. The molecule has 1 aromatic carbocycles. The van der Waals surface area contributed by atoms with Crippen LogP contribution in [0.5, 0.6) is 0 Å². The fraction of sp³-hybridized carbons (Fsp3) is 0.348. The van der Waals surface area contributed by atoms with Gasteiger partial charge < -0.3 is 15.5 Å². The van der Waals surface area contributed by atoms with E-state index in [-0.39, 0.29) is 11.9 Å². The molecule has 1 aliphatic rings. The summed E-state index contributed by atoms with van der Waals surface area (Å²) in [5.74, 6) is 1.14. The van der Waals surface area contributed by atoms with E-state index < -0.39 is 0 Å². The molecule has 1 saturated heterocycles. The quantitative estimate of drug-likeness (QED) is 0.396. The van der Waals surface area contributed by atoms with Gasteiger partial charge in [0.15, 0.2) is 10.9 Å². The van der Waals surface area contributed by atoms with Gasteiger partial charge in [0.25, 0.3) is 0 Å². The molecule has 0 radical (unpaired) electrons. The number of carbonyl (C=O) groups is 1. The molecule has 4 aromatic rings. The van der Waals surface area contributed by atoms with Crippen LogP contribution in [-0.2, 0) is 6.42 Å². The Morgan fingerprint density at radius 1 is 1.26 bits per heavy atom. The van der Waals surface area contributed by atoms with Crippen LogP contribution in [0.15, 0.2) is 24.3 Å². The molecule has 9 nitrogen and oxygen atoms in total. The number of rotatable bonds is 5. The lowest BCUT2D eigenvalue weighted by Gasteiger charge is -2.29. The smallest absolute Gasteiger partial charge is 0.314 e. The number of primary amides is 1. The van der Waals surface area contributed by atoms with E-state index in [0.717, 1.165) is 51.6 Å². The topological polar surface area (TPSA) is 116 Å². The van der Waals surface area contributed by atoms with E-state index >= 15 is 0 Å². The van der Waals surface area contributed by atoms with Gasteiger partial charge in [-0.3, -0.25) is 0 Å². The minimum absolute atomic E-state index is 0.275. The zero-order valence-electron chi connectivity index (χ0n) is 19.4. The zero-order valence-corrected chi connectivity index (χ0v) is 22.2. The molecule has 4 heterocycles. The Kier molecular flexibility index (Phi) is 6.45. The Hall–Kier alpha value is -3.06. The van der Waals surface area contributed by atoms with E-state index in [1.54, 1.807) is 16.2 Å². The summed E-state index contributed by atoms with van der Waals surface area (Å²) in [6.07, 6.45) is 2.42. The number of thiazole rings is 1. The molecule has 0 spiro atoms. The highest BCUT2D eigenvalue weighted by Gasteiger charge is 2.28. The number of urea groups is 1. The van der Waals surface area contributed by atoms with E-state index in [4.69, 9.17) is 20.8 Å². The third-order valence-corrected chi connectivity index (χ3v) is 8.75. The Bertz CT molecular complexity index is 1430. The number of anilines is 2. The minimum Gasteiger partial charge on any atom is -0.351 e. The third kappa shape index (κ3) is 4.38. The lowest BCUT2D eigenvalue weighted by atomic mass is 9.98. The normalized spacial score (nSPS) is 14.4. The molecule has 35 heavy (non-hydrogen) atoms. The van der Waals surface area contributed by atoms with Gasteiger partial charge >= 0.3 is 6.03 Å². The number of piperidine rings is 1. The highest BCUT2D eigenvalue weighted by Crippen LogP contribution is 2.38. The van der Waals surface area contributed by atoms with Gasteiger partial charge in [-0.1, -0.05) is 53.9 Å². The van der Waals surface area contributed by atoms with Crippen molar-refractivity contribution >= 4 is 59.2 Å². The number of imidazole rings is 1. The maximum atomic E-state index is 11.5. The van der Waals surface area contributed by atoms with E-state index in [2.05, 4.69) is 22.2 Å². The van der Waals surface area contributed by atoms with Gasteiger partial charge in [0.2, 0.25) is 4.96 Å². The average Bonchev–Trinajstić information content (AvgIpc) is 3.56. The number of benzene rings is 1. The fourth-order valence-corrected chi connectivity index (χ4v) is 6.46. The van der Waals surface area contributed by atoms with Gasteiger partial charge in [-0.05, 0) is 24.6 Å². The zero-order chi connectivity index (χ0) is 24.7. The number of nitrogens with zero attached hydrogens (tertiary/aromatic N) is 7. The van der Waals surface area contributed by atoms with Crippen LogP contribution in [0.1, 0.15) is 41.3 Å². The first kappa shape index (κ1) is 23.7. The van der Waals surface area contributed by atoms with Gasteiger partial charge in [0.05, 0.1) is 5.69 Å². The van der Waals surface area contributed by atoms with Crippen LogP contribution in [0.2, 0.25) is 0 Å². The number of carbonyl (C=O) groups excluding carboxylic acids is 1. The second kappa shape index (κ2) is 9.53. The first-order valence-corrected chi connectivity index (χ1v) is 13.5. The number of aryl methyl sites for hydroxylation is 1.